The molecule has 0 aliphatic rings. The Labute approximate surface area is 167 Å². The Balaban J connectivity index is 2.56. The Morgan fingerprint density at radius 2 is 1.22 bits per heavy atom. The summed E-state index contributed by atoms with van der Waals surface area (Å²) in [4.78, 5) is 0. The van der Waals surface area contributed by atoms with Crippen molar-refractivity contribution in [2.75, 3.05) is 0 Å². The van der Waals surface area contributed by atoms with Gasteiger partial charge in [-0.3, -0.25) is 0 Å². The molecule has 0 radical (unpaired) electrons. The molecule has 0 heterocycles. The molecule has 0 aliphatic heterocycles. The van der Waals surface area contributed by atoms with Gasteiger partial charge in [-0.25, -0.2) is 0 Å². The summed E-state index contributed by atoms with van der Waals surface area (Å²) in [6.45, 7) is 16.3. The van der Waals surface area contributed by atoms with Crippen LogP contribution in [0.4, 0.5) is 0 Å². The van der Waals surface area contributed by atoms with Gasteiger partial charge >= 0.3 is 0 Å². The van der Waals surface area contributed by atoms with Gasteiger partial charge in [0.25, 0.3) is 0 Å². The molecule has 0 saturated carbocycles. The van der Waals surface area contributed by atoms with Crippen LogP contribution in [0, 0.1) is 18.4 Å². The predicted octanol–water partition coefficient (Wildman–Crippen LogP) is 7.65. The fourth-order valence-corrected chi connectivity index (χ4v) is 9.54. The zero-order valence-corrected chi connectivity index (χ0v) is 19.0. The van der Waals surface area contributed by atoms with Gasteiger partial charge in [0.2, 0.25) is 0 Å². The van der Waals surface area contributed by atoms with Gasteiger partial charge in [0, 0.05) is 0 Å². The molecule has 2 aromatic carbocycles. The highest BCUT2D eigenvalue weighted by Crippen LogP contribution is 2.40. The highest BCUT2D eigenvalue weighted by Gasteiger charge is 2.41. The highest BCUT2D eigenvalue weighted by atomic mass is 28.3. The first-order valence-corrected chi connectivity index (χ1v) is 12.4. The molecule has 0 amide bonds. The average molecular weight is 375 g/mol. The van der Waals surface area contributed by atoms with E-state index < -0.39 is 8.07 Å². The van der Waals surface area contributed by atoms with Gasteiger partial charge in [0.05, 0.1) is 0 Å². The lowest BCUT2D eigenvalue weighted by Crippen LogP contribution is -2.43. The minimum absolute atomic E-state index is 0.651. The van der Waals surface area contributed by atoms with E-state index >= 15 is 0 Å². The molecule has 1 heteroatoms. The molecule has 2 aromatic rings. The summed E-state index contributed by atoms with van der Waals surface area (Å²) in [6.07, 6.45) is 2.15. The van der Waals surface area contributed by atoms with E-state index in [1.54, 1.807) is 0 Å². The maximum Gasteiger partial charge on any atom is 0.146 e. The summed E-state index contributed by atoms with van der Waals surface area (Å²) >= 11 is 0. The number of hydrogen-bond acceptors (Lipinski definition) is 0. The van der Waals surface area contributed by atoms with E-state index in [9.17, 15) is 0 Å². The summed E-state index contributed by atoms with van der Waals surface area (Å²) in [7, 11) is -1.71. The molecule has 0 saturated heterocycles. The summed E-state index contributed by atoms with van der Waals surface area (Å²) in [5.74, 6) is 3.53. The van der Waals surface area contributed by atoms with Gasteiger partial charge in [-0.2, -0.15) is 0 Å². The normalized spacial score (nSPS) is 12.4. The summed E-state index contributed by atoms with van der Waals surface area (Å²) in [5.41, 5.74) is 10.7. The van der Waals surface area contributed by atoms with Crippen molar-refractivity contribution in [2.45, 2.75) is 65.1 Å². The van der Waals surface area contributed by atoms with Gasteiger partial charge in [0.15, 0.2) is 0 Å². The second kappa shape index (κ2) is 9.24. The van der Waals surface area contributed by atoms with Crippen LogP contribution in [0.15, 0.2) is 60.7 Å². The van der Waals surface area contributed by atoms with E-state index in [1.807, 2.05) is 0 Å². The van der Waals surface area contributed by atoms with Crippen molar-refractivity contribution in [3.8, 4) is 11.5 Å². The summed E-state index contributed by atoms with van der Waals surface area (Å²) in [6, 6.07) is 19.4. The molecule has 0 bridgehead atoms. The molecule has 27 heavy (non-hydrogen) atoms. The number of rotatable bonds is 5. The van der Waals surface area contributed by atoms with Gasteiger partial charge < -0.3 is 0 Å². The third-order valence-electron chi connectivity index (χ3n) is 5.82. The van der Waals surface area contributed by atoms with Crippen LogP contribution in [-0.4, -0.2) is 8.07 Å². The fourth-order valence-electron chi connectivity index (χ4n) is 4.35. The molecule has 0 unspecified atom stereocenters. The Kier molecular flexibility index (Phi) is 7.28. The largest absolute Gasteiger partial charge is 0.146 e. The minimum atomic E-state index is -1.71. The Bertz CT molecular complexity index is 790. The highest BCUT2D eigenvalue weighted by molar-refractivity contribution is 6.90. The predicted molar refractivity (Wildman–Crippen MR) is 124 cm³/mol. The zero-order chi connectivity index (χ0) is 20.0. The quantitative estimate of drug-likeness (QED) is 0.372. The molecule has 2 rings (SSSR count). The van der Waals surface area contributed by atoms with Gasteiger partial charge in [-0.15, -0.1) is 5.54 Å². The van der Waals surface area contributed by atoms with E-state index in [1.165, 1.54) is 22.3 Å². The molecular formula is C26H34Si. The minimum Gasteiger partial charge on any atom is -0.126 e. The third-order valence-corrected chi connectivity index (χ3v) is 12.1. The van der Waals surface area contributed by atoms with Crippen LogP contribution in [0.3, 0.4) is 0 Å². The van der Waals surface area contributed by atoms with Crippen LogP contribution in [0.2, 0.25) is 16.6 Å². The van der Waals surface area contributed by atoms with Crippen molar-refractivity contribution in [1.29, 1.82) is 0 Å². The summed E-state index contributed by atoms with van der Waals surface area (Å²) < 4.78 is 0. The first kappa shape index (κ1) is 21.3. The molecule has 0 aliphatic carbocycles. The van der Waals surface area contributed by atoms with Crippen LogP contribution >= 0.6 is 0 Å². The monoisotopic (exact) mass is 374 g/mol. The SMILES string of the molecule is Cc1ccc(/C(=C\C#C[Si](C(C)C)(C(C)C)C(C)C)c2ccccc2)cc1. The Morgan fingerprint density at radius 3 is 1.70 bits per heavy atom. The van der Waals surface area contributed by atoms with E-state index in [2.05, 4.69) is 121 Å². The number of benzene rings is 2. The Hall–Kier alpha value is -2.04. The van der Waals surface area contributed by atoms with Crippen LogP contribution in [0.25, 0.3) is 5.57 Å². The maximum absolute atomic E-state index is 3.83. The molecule has 0 fully saturated rings. The third kappa shape index (κ3) is 4.82. The van der Waals surface area contributed by atoms with E-state index in [-0.39, 0.29) is 0 Å². The van der Waals surface area contributed by atoms with E-state index in [0.29, 0.717) is 16.6 Å². The molecule has 0 N–H and O–H groups in total. The standard InChI is InChI=1S/C26H34Si/c1-20(2)27(21(3)4,22(5)6)19-11-14-26(24-12-9-8-10-13-24)25-17-15-23(7)16-18-25/h8-10,12-18,20-22H,1-7H3/b26-14-. The number of aryl methyl sites for hydroxylation is 1. The lowest BCUT2D eigenvalue weighted by Gasteiger charge is -2.38. The van der Waals surface area contributed by atoms with Gasteiger partial charge in [-0.05, 0) is 46.3 Å². The maximum atomic E-state index is 3.83. The second-order valence-corrected chi connectivity index (χ2v) is 14.0. The first-order chi connectivity index (χ1) is 12.8. The zero-order valence-electron chi connectivity index (χ0n) is 18.0. The molecule has 0 aromatic heterocycles. The number of allylic oxidation sites excluding steroid dienone is 1. The fraction of sp³-hybridized carbons (Fsp3) is 0.385. The average Bonchev–Trinajstić information content (AvgIpc) is 2.63. The van der Waals surface area contributed by atoms with Crippen molar-refractivity contribution in [1.82, 2.24) is 0 Å². The topological polar surface area (TPSA) is 0 Å². The lowest BCUT2D eigenvalue weighted by molar-refractivity contribution is 0.838. The summed E-state index contributed by atoms with van der Waals surface area (Å²) in [5, 5.41) is 0. The van der Waals surface area contributed by atoms with Crippen LogP contribution < -0.4 is 0 Å². The van der Waals surface area contributed by atoms with Crippen molar-refractivity contribution in [3.63, 3.8) is 0 Å². The van der Waals surface area contributed by atoms with Crippen molar-refractivity contribution >= 4 is 13.6 Å². The van der Waals surface area contributed by atoms with Crippen LogP contribution in [-0.2, 0) is 0 Å². The lowest BCUT2D eigenvalue weighted by atomic mass is 9.97. The molecular weight excluding hydrogens is 340 g/mol. The second-order valence-electron chi connectivity index (χ2n) is 8.46. The van der Waals surface area contributed by atoms with Crippen molar-refractivity contribution in [3.05, 3.63) is 77.4 Å². The molecule has 0 atom stereocenters. The van der Waals surface area contributed by atoms with E-state index in [4.69, 9.17) is 0 Å². The molecule has 0 spiro atoms. The van der Waals surface area contributed by atoms with Crippen molar-refractivity contribution in [2.24, 2.45) is 0 Å². The van der Waals surface area contributed by atoms with Crippen LogP contribution in [0.5, 0.6) is 0 Å². The van der Waals surface area contributed by atoms with Crippen LogP contribution in [0.1, 0.15) is 58.2 Å². The Morgan fingerprint density at radius 1 is 0.741 bits per heavy atom. The van der Waals surface area contributed by atoms with E-state index in [0.717, 1.165) is 0 Å². The van der Waals surface area contributed by atoms with Gasteiger partial charge in [-0.1, -0.05) is 108 Å². The van der Waals surface area contributed by atoms with Gasteiger partial charge in [0.1, 0.15) is 8.07 Å². The molecule has 142 valence electrons. The first-order valence-electron chi connectivity index (χ1n) is 10.1. The molecule has 0 nitrogen and oxygen atoms in total. The number of hydrogen-bond donors (Lipinski definition) is 0. The smallest absolute Gasteiger partial charge is 0.126 e. The van der Waals surface area contributed by atoms with Crippen molar-refractivity contribution < 1.29 is 0 Å².